The van der Waals surface area contributed by atoms with E-state index in [9.17, 15) is 13.2 Å². The SMILES string of the molecule is O=C(c1ccccc1)N1CCCc2cc(S(=O)(=O)N3CCOCC3)ccc21. The van der Waals surface area contributed by atoms with Gasteiger partial charge in [0.25, 0.3) is 5.91 Å². The van der Waals surface area contributed by atoms with E-state index >= 15 is 0 Å². The normalized spacial score (nSPS) is 18.1. The van der Waals surface area contributed by atoms with Crippen molar-refractivity contribution in [3.8, 4) is 0 Å². The molecule has 2 aliphatic rings. The first-order valence-electron chi connectivity index (χ1n) is 9.15. The van der Waals surface area contributed by atoms with Gasteiger partial charge in [-0.05, 0) is 48.7 Å². The maximum Gasteiger partial charge on any atom is 0.258 e. The van der Waals surface area contributed by atoms with Crippen molar-refractivity contribution in [3.05, 3.63) is 59.7 Å². The van der Waals surface area contributed by atoms with Crippen molar-refractivity contribution < 1.29 is 17.9 Å². The summed E-state index contributed by atoms with van der Waals surface area (Å²) in [5, 5.41) is 0. The highest BCUT2D eigenvalue weighted by atomic mass is 32.2. The minimum absolute atomic E-state index is 0.0552. The van der Waals surface area contributed by atoms with Crippen LogP contribution in [-0.4, -0.2) is 51.5 Å². The number of nitrogens with zero attached hydrogens (tertiary/aromatic N) is 2. The van der Waals surface area contributed by atoms with Crippen LogP contribution in [0.15, 0.2) is 53.4 Å². The molecule has 1 amide bonds. The van der Waals surface area contributed by atoms with Crippen molar-refractivity contribution in [2.75, 3.05) is 37.7 Å². The topological polar surface area (TPSA) is 66.9 Å². The van der Waals surface area contributed by atoms with Gasteiger partial charge in [-0.2, -0.15) is 4.31 Å². The second-order valence-corrected chi connectivity index (χ2v) is 8.67. The van der Waals surface area contributed by atoms with Crippen LogP contribution in [0.1, 0.15) is 22.3 Å². The molecule has 0 radical (unpaired) electrons. The molecule has 0 aromatic heterocycles. The maximum atomic E-state index is 12.9. The van der Waals surface area contributed by atoms with E-state index in [2.05, 4.69) is 0 Å². The third-order valence-electron chi connectivity index (χ3n) is 5.04. The number of carbonyl (C=O) groups excluding carboxylic acids is 1. The molecule has 0 bridgehead atoms. The number of hydrogen-bond acceptors (Lipinski definition) is 4. The Morgan fingerprint density at radius 2 is 1.70 bits per heavy atom. The van der Waals surface area contributed by atoms with Crippen LogP contribution in [0.25, 0.3) is 0 Å². The van der Waals surface area contributed by atoms with E-state index < -0.39 is 10.0 Å². The Balaban J connectivity index is 1.65. The number of amides is 1. The summed E-state index contributed by atoms with van der Waals surface area (Å²) >= 11 is 0. The highest BCUT2D eigenvalue weighted by molar-refractivity contribution is 7.89. The van der Waals surface area contributed by atoms with Crippen LogP contribution in [-0.2, 0) is 21.2 Å². The van der Waals surface area contributed by atoms with Gasteiger partial charge in [0.1, 0.15) is 0 Å². The summed E-state index contributed by atoms with van der Waals surface area (Å²) in [4.78, 5) is 14.9. The van der Waals surface area contributed by atoms with Crippen molar-refractivity contribution in [1.29, 1.82) is 0 Å². The lowest BCUT2D eigenvalue weighted by Gasteiger charge is -2.31. The Morgan fingerprint density at radius 1 is 0.963 bits per heavy atom. The molecular weight excluding hydrogens is 364 g/mol. The van der Waals surface area contributed by atoms with Crippen LogP contribution in [0.5, 0.6) is 0 Å². The third-order valence-corrected chi connectivity index (χ3v) is 6.94. The number of sulfonamides is 1. The van der Waals surface area contributed by atoms with Gasteiger partial charge in [0.05, 0.1) is 18.1 Å². The second-order valence-electron chi connectivity index (χ2n) is 6.73. The molecule has 0 saturated carbocycles. The Hall–Kier alpha value is -2.22. The first-order valence-corrected chi connectivity index (χ1v) is 10.6. The lowest BCUT2D eigenvalue weighted by atomic mass is 10.0. The largest absolute Gasteiger partial charge is 0.379 e. The summed E-state index contributed by atoms with van der Waals surface area (Å²) in [7, 11) is -3.54. The van der Waals surface area contributed by atoms with Gasteiger partial charge >= 0.3 is 0 Å². The van der Waals surface area contributed by atoms with Gasteiger partial charge in [-0.1, -0.05) is 18.2 Å². The zero-order valence-electron chi connectivity index (χ0n) is 15.0. The first kappa shape index (κ1) is 18.2. The number of morpholine rings is 1. The fourth-order valence-electron chi connectivity index (χ4n) is 3.62. The number of benzene rings is 2. The molecule has 0 unspecified atom stereocenters. The van der Waals surface area contributed by atoms with Gasteiger partial charge in [0, 0.05) is 30.9 Å². The molecule has 0 spiro atoms. The number of ether oxygens (including phenoxy) is 1. The van der Waals surface area contributed by atoms with Crippen LogP contribution in [0.2, 0.25) is 0 Å². The van der Waals surface area contributed by atoms with Crippen LogP contribution in [0.4, 0.5) is 5.69 Å². The molecule has 1 fully saturated rings. The molecule has 0 N–H and O–H groups in total. The fourth-order valence-corrected chi connectivity index (χ4v) is 5.08. The minimum atomic E-state index is -3.54. The standard InChI is InChI=1S/C20H22N2O4S/c23-20(16-5-2-1-3-6-16)22-10-4-7-17-15-18(8-9-19(17)22)27(24,25)21-11-13-26-14-12-21/h1-3,5-6,8-9,15H,4,7,10-14H2. The van der Waals surface area contributed by atoms with Gasteiger partial charge in [-0.3, -0.25) is 4.79 Å². The van der Waals surface area contributed by atoms with E-state index in [1.165, 1.54) is 4.31 Å². The minimum Gasteiger partial charge on any atom is -0.379 e. The summed E-state index contributed by atoms with van der Waals surface area (Å²) in [5.41, 5.74) is 2.34. The molecule has 2 aliphatic heterocycles. The molecule has 7 heteroatoms. The summed E-state index contributed by atoms with van der Waals surface area (Å²) in [5.74, 6) is -0.0552. The van der Waals surface area contributed by atoms with Gasteiger partial charge in [-0.25, -0.2) is 8.42 Å². The van der Waals surface area contributed by atoms with Crippen molar-refractivity contribution in [1.82, 2.24) is 4.31 Å². The Bertz CT molecular complexity index is 938. The van der Waals surface area contributed by atoms with Crippen LogP contribution < -0.4 is 4.90 Å². The molecule has 0 aliphatic carbocycles. The monoisotopic (exact) mass is 386 g/mol. The molecule has 2 aromatic rings. The lowest BCUT2D eigenvalue weighted by Crippen LogP contribution is -2.40. The summed E-state index contributed by atoms with van der Waals surface area (Å²) in [6.45, 7) is 2.22. The van der Waals surface area contributed by atoms with E-state index in [4.69, 9.17) is 4.74 Å². The zero-order chi connectivity index (χ0) is 18.9. The zero-order valence-corrected chi connectivity index (χ0v) is 15.8. The molecule has 2 aromatic carbocycles. The highest BCUT2D eigenvalue weighted by Gasteiger charge is 2.29. The van der Waals surface area contributed by atoms with Crippen molar-refractivity contribution in [3.63, 3.8) is 0 Å². The van der Waals surface area contributed by atoms with E-state index in [0.717, 1.165) is 24.1 Å². The molecule has 4 rings (SSSR count). The smallest absolute Gasteiger partial charge is 0.258 e. The van der Waals surface area contributed by atoms with Crippen molar-refractivity contribution >= 4 is 21.6 Å². The lowest BCUT2D eigenvalue weighted by molar-refractivity contribution is 0.0730. The Labute approximate surface area is 159 Å². The Morgan fingerprint density at radius 3 is 2.44 bits per heavy atom. The quantitative estimate of drug-likeness (QED) is 0.812. The number of rotatable bonds is 3. The molecule has 27 heavy (non-hydrogen) atoms. The van der Waals surface area contributed by atoms with Crippen molar-refractivity contribution in [2.45, 2.75) is 17.7 Å². The molecule has 0 atom stereocenters. The van der Waals surface area contributed by atoms with E-state index in [1.54, 1.807) is 35.2 Å². The third kappa shape index (κ3) is 3.50. The van der Waals surface area contributed by atoms with Crippen LogP contribution >= 0.6 is 0 Å². The van der Waals surface area contributed by atoms with Crippen molar-refractivity contribution in [2.24, 2.45) is 0 Å². The molecule has 2 heterocycles. The van der Waals surface area contributed by atoms with Crippen LogP contribution in [0, 0.1) is 0 Å². The Kier molecular flexibility index (Phi) is 4.99. The number of anilines is 1. The van der Waals surface area contributed by atoms with Crippen LogP contribution in [0.3, 0.4) is 0 Å². The van der Waals surface area contributed by atoms with Gasteiger partial charge in [0.15, 0.2) is 0 Å². The second kappa shape index (κ2) is 7.42. The van der Waals surface area contributed by atoms with Gasteiger partial charge < -0.3 is 9.64 Å². The highest BCUT2D eigenvalue weighted by Crippen LogP contribution is 2.31. The summed E-state index contributed by atoms with van der Waals surface area (Å²) < 4.78 is 32.5. The van der Waals surface area contributed by atoms with E-state index in [0.29, 0.717) is 38.4 Å². The average molecular weight is 386 g/mol. The summed E-state index contributed by atoms with van der Waals surface area (Å²) in [6, 6.07) is 14.3. The number of aryl methyl sites for hydroxylation is 1. The first-order chi connectivity index (χ1) is 13.1. The molecule has 1 saturated heterocycles. The predicted octanol–water partition coefficient (Wildman–Crippen LogP) is 2.30. The van der Waals surface area contributed by atoms with Gasteiger partial charge in [-0.15, -0.1) is 0 Å². The molecule has 6 nitrogen and oxygen atoms in total. The fraction of sp³-hybridized carbons (Fsp3) is 0.350. The summed E-state index contributed by atoms with van der Waals surface area (Å²) in [6.07, 6.45) is 1.58. The molecule has 142 valence electrons. The number of carbonyl (C=O) groups is 1. The average Bonchev–Trinajstić information content (AvgIpc) is 2.73. The number of fused-ring (bicyclic) bond motifs is 1. The van der Waals surface area contributed by atoms with E-state index in [1.807, 2.05) is 18.2 Å². The number of hydrogen-bond donors (Lipinski definition) is 0. The van der Waals surface area contributed by atoms with Gasteiger partial charge in [0.2, 0.25) is 10.0 Å². The maximum absolute atomic E-state index is 12.9. The predicted molar refractivity (Wildman–Crippen MR) is 102 cm³/mol. The molecular formula is C20H22N2O4S. The van der Waals surface area contributed by atoms with E-state index in [-0.39, 0.29) is 10.8 Å².